The molecule has 4 nitrogen and oxygen atoms in total. The Morgan fingerprint density at radius 2 is 2.05 bits per heavy atom. The molecule has 2 saturated carbocycles. The number of para-hydroxylation sites is 1. The van der Waals surface area contributed by atoms with Crippen LogP contribution in [0, 0.1) is 17.8 Å². The number of carboxylic acids is 1. The summed E-state index contributed by atoms with van der Waals surface area (Å²) >= 11 is 6.03. The van der Waals surface area contributed by atoms with Crippen LogP contribution in [0.25, 0.3) is 0 Å². The first-order valence-corrected chi connectivity index (χ1v) is 7.26. The molecule has 1 amide bonds. The van der Waals surface area contributed by atoms with Crippen molar-refractivity contribution >= 4 is 29.2 Å². The predicted molar refractivity (Wildman–Crippen MR) is 76.0 cm³/mol. The van der Waals surface area contributed by atoms with Crippen LogP contribution in [0.2, 0.25) is 5.02 Å². The van der Waals surface area contributed by atoms with E-state index in [4.69, 9.17) is 16.7 Å². The van der Waals surface area contributed by atoms with Gasteiger partial charge in [-0.2, -0.15) is 0 Å². The van der Waals surface area contributed by atoms with E-state index < -0.39 is 5.97 Å². The highest BCUT2D eigenvalue weighted by molar-refractivity contribution is 6.34. The van der Waals surface area contributed by atoms with E-state index in [1.54, 1.807) is 12.1 Å². The summed E-state index contributed by atoms with van der Waals surface area (Å²) in [6.45, 7) is 0. The molecule has 2 fully saturated rings. The Hall–Kier alpha value is -1.55. The number of carbonyl (C=O) groups is 2. The fourth-order valence-electron chi connectivity index (χ4n) is 3.61. The third-order valence-corrected chi connectivity index (χ3v) is 4.88. The fraction of sp³-hybridized carbons (Fsp3) is 0.467. The Morgan fingerprint density at radius 1 is 1.25 bits per heavy atom. The number of anilines is 1. The molecule has 2 N–H and O–H groups in total. The van der Waals surface area contributed by atoms with Crippen LogP contribution in [0.1, 0.15) is 36.0 Å². The van der Waals surface area contributed by atoms with Gasteiger partial charge in [-0.05, 0) is 43.2 Å². The number of hydrogen-bond donors (Lipinski definition) is 2. The molecule has 3 rings (SSSR count). The Kier molecular flexibility index (Phi) is 3.42. The molecular weight excluding hydrogens is 278 g/mol. The third-order valence-electron chi connectivity index (χ3n) is 4.57. The number of aromatic carboxylic acids is 1. The summed E-state index contributed by atoms with van der Waals surface area (Å²) in [5, 5.41) is 12.2. The zero-order chi connectivity index (χ0) is 14.3. The van der Waals surface area contributed by atoms with Gasteiger partial charge in [0, 0.05) is 5.92 Å². The maximum Gasteiger partial charge on any atom is 0.337 e. The highest BCUT2D eigenvalue weighted by Gasteiger charge is 2.43. The molecule has 2 aliphatic carbocycles. The van der Waals surface area contributed by atoms with Gasteiger partial charge < -0.3 is 10.4 Å². The molecule has 3 atom stereocenters. The minimum Gasteiger partial charge on any atom is -0.478 e. The van der Waals surface area contributed by atoms with Crippen molar-refractivity contribution in [3.05, 3.63) is 28.8 Å². The van der Waals surface area contributed by atoms with Crippen molar-refractivity contribution in [2.45, 2.75) is 25.7 Å². The molecule has 1 aromatic rings. The number of halogens is 1. The van der Waals surface area contributed by atoms with E-state index >= 15 is 0 Å². The van der Waals surface area contributed by atoms with Crippen molar-refractivity contribution in [1.29, 1.82) is 0 Å². The first-order chi connectivity index (χ1) is 9.56. The van der Waals surface area contributed by atoms with E-state index in [1.807, 2.05) is 0 Å². The van der Waals surface area contributed by atoms with Crippen molar-refractivity contribution in [2.24, 2.45) is 17.8 Å². The molecule has 1 aromatic carbocycles. The van der Waals surface area contributed by atoms with Crippen molar-refractivity contribution in [3.8, 4) is 0 Å². The Bertz CT molecular complexity index is 572. The second-order valence-corrected chi connectivity index (χ2v) is 6.15. The summed E-state index contributed by atoms with van der Waals surface area (Å²) in [5.74, 6) is -0.0492. The van der Waals surface area contributed by atoms with Crippen molar-refractivity contribution < 1.29 is 14.7 Å². The molecule has 106 valence electrons. The number of fused-ring (bicyclic) bond motifs is 2. The second kappa shape index (κ2) is 5.09. The highest BCUT2D eigenvalue weighted by Crippen LogP contribution is 2.48. The predicted octanol–water partition coefficient (Wildman–Crippen LogP) is 3.41. The summed E-state index contributed by atoms with van der Waals surface area (Å²) in [7, 11) is 0. The van der Waals surface area contributed by atoms with Crippen LogP contribution in [0.5, 0.6) is 0 Å². The molecule has 0 aliphatic heterocycles. The average Bonchev–Trinajstić information content (AvgIpc) is 3.03. The summed E-state index contributed by atoms with van der Waals surface area (Å²) in [6, 6.07) is 4.61. The van der Waals surface area contributed by atoms with Gasteiger partial charge in [-0.15, -0.1) is 0 Å². The lowest BCUT2D eigenvalue weighted by atomic mass is 9.88. The van der Waals surface area contributed by atoms with Gasteiger partial charge in [0.1, 0.15) is 0 Å². The van der Waals surface area contributed by atoms with Crippen LogP contribution in [0.15, 0.2) is 18.2 Å². The monoisotopic (exact) mass is 293 g/mol. The van der Waals surface area contributed by atoms with Crippen molar-refractivity contribution in [3.63, 3.8) is 0 Å². The molecule has 2 aliphatic rings. The number of benzene rings is 1. The summed E-state index contributed by atoms with van der Waals surface area (Å²) in [5.41, 5.74) is 0.253. The summed E-state index contributed by atoms with van der Waals surface area (Å²) < 4.78 is 0. The first kappa shape index (κ1) is 13.4. The number of rotatable bonds is 3. The minimum atomic E-state index is -1.09. The lowest BCUT2D eigenvalue weighted by Gasteiger charge is -2.21. The molecule has 2 bridgehead atoms. The van der Waals surface area contributed by atoms with E-state index in [9.17, 15) is 9.59 Å². The number of nitrogens with one attached hydrogen (secondary N) is 1. The molecule has 3 unspecified atom stereocenters. The number of carboxylic acid groups (broad SMARTS) is 1. The van der Waals surface area contributed by atoms with E-state index in [0.29, 0.717) is 11.8 Å². The van der Waals surface area contributed by atoms with E-state index in [2.05, 4.69) is 5.32 Å². The largest absolute Gasteiger partial charge is 0.478 e. The zero-order valence-electron chi connectivity index (χ0n) is 10.9. The van der Waals surface area contributed by atoms with Crippen LogP contribution in [-0.4, -0.2) is 17.0 Å². The van der Waals surface area contributed by atoms with Gasteiger partial charge >= 0.3 is 5.97 Å². The quantitative estimate of drug-likeness (QED) is 0.897. The fourth-order valence-corrected chi connectivity index (χ4v) is 3.83. The molecule has 20 heavy (non-hydrogen) atoms. The van der Waals surface area contributed by atoms with Crippen molar-refractivity contribution in [2.75, 3.05) is 5.32 Å². The zero-order valence-corrected chi connectivity index (χ0v) is 11.7. The van der Waals surface area contributed by atoms with Crippen LogP contribution >= 0.6 is 11.6 Å². The van der Waals surface area contributed by atoms with Crippen LogP contribution < -0.4 is 5.32 Å². The maximum absolute atomic E-state index is 12.4. The molecule has 0 spiro atoms. The molecule has 0 heterocycles. The molecule has 0 radical (unpaired) electrons. The minimum absolute atomic E-state index is 0.00617. The van der Waals surface area contributed by atoms with Gasteiger partial charge in [-0.1, -0.05) is 24.1 Å². The van der Waals surface area contributed by atoms with E-state index in [0.717, 1.165) is 19.3 Å². The van der Waals surface area contributed by atoms with Crippen LogP contribution in [0.4, 0.5) is 5.69 Å². The first-order valence-electron chi connectivity index (χ1n) is 6.89. The Labute approximate surface area is 122 Å². The molecule has 0 aromatic heterocycles. The number of carbonyl (C=O) groups excluding carboxylic acids is 1. The SMILES string of the molecule is O=C(O)c1cccc(Cl)c1NC(=O)C1CC2CCC1C2. The van der Waals surface area contributed by atoms with Gasteiger partial charge in [0.05, 0.1) is 16.3 Å². The topological polar surface area (TPSA) is 66.4 Å². The van der Waals surface area contributed by atoms with Gasteiger partial charge in [0.15, 0.2) is 0 Å². The maximum atomic E-state index is 12.4. The normalized spacial score (nSPS) is 27.6. The lowest BCUT2D eigenvalue weighted by molar-refractivity contribution is -0.121. The van der Waals surface area contributed by atoms with E-state index in [1.165, 1.54) is 12.5 Å². The van der Waals surface area contributed by atoms with Gasteiger partial charge in [0.2, 0.25) is 5.91 Å². The van der Waals surface area contributed by atoms with Crippen LogP contribution in [-0.2, 0) is 4.79 Å². The molecule has 0 saturated heterocycles. The van der Waals surface area contributed by atoms with Crippen molar-refractivity contribution in [1.82, 2.24) is 0 Å². The third kappa shape index (κ3) is 2.29. The van der Waals surface area contributed by atoms with Gasteiger partial charge in [-0.3, -0.25) is 4.79 Å². The van der Waals surface area contributed by atoms with Crippen LogP contribution in [0.3, 0.4) is 0 Å². The molecule has 5 heteroatoms. The molecular formula is C15H16ClNO3. The Morgan fingerprint density at radius 3 is 2.65 bits per heavy atom. The number of amides is 1. The lowest BCUT2D eigenvalue weighted by Crippen LogP contribution is -2.28. The van der Waals surface area contributed by atoms with E-state index in [-0.39, 0.29) is 28.1 Å². The smallest absolute Gasteiger partial charge is 0.337 e. The van der Waals surface area contributed by atoms with Gasteiger partial charge in [0.25, 0.3) is 0 Å². The standard InChI is InChI=1S/C15H16ClNO3/c16-12-3-1-2-10(15(19)20)13(12)17-14(18)11-7-8-4-5-9(11)6-8/h1-3,8-9,11H,4-7H2,(H,17,18)(H,19,20). The number of hydrogen-bond acceptors (Lipinski definition) is 2. The Balaban J connectivity index is 1.81. The second-order valence-electron chi connectivity index (χ2n) is 5.74. The summed E-state index contributed by atoms with van der Waals surface area (Å²) in [4.78, 5) is 23.6. The highest BCUT2D eigenvalue weighted by atomic mass is 35.5. The average molecular weight is 294 g/mol. The summed E-state index contributed by atoms with van der Waals surface area (Å²) in [6.07, 6.45) is 4.38. The van der Waals surface area contributed by atoms with Gasteiger partial charge in [-0.25, -0.2) is 4.79 Å².